The molecule has 2 amide bonds. The molecule has 7 nitrogen and oxygen atoms in total. The van der Waals surface area contributed by atoms with Gasteiger partial charge in [0, 0.05) is 29.9 Å². The maximum atomic E-state index is 14.3. The van der Waals surface area contributed by atoms with Gasteiger partial charge in [0.05, 0.1) is 18.9 Å². The Balaban J connectivity index is 1.47. The zero-order valence-corrected chi connectivity index (χ0v) is 23.7. The van der Waals surface area contributed by atoms with Gasteiger partial charge in [0.1, 0.15) is 6.54 Å². The van der Waals surface area contributed by atoms with Gasteiger partial charge in [-0.25, -0.2) is 0 Å². The molecule has 2 aliphatic heterocycles. The summed E-state index contributed by atoms with van der Waals surface area (Å²) < 4.78 is 11.7. The van der Waals surface area contributed by atoms with Crippen LogP contribution in [-0.4, -0.2) is 52.9 Å². The SMILES string of the molecule is COc1cc(C2CN3C(=O)CN(Cc4ccc(C)cc4)C(=O)C3(C)c3[nH]c4ccccc4c32)ccc1OC(C)C. The molecule has 1 N–H and O–H groups in total. The van der Waals surface area contributed by atoms with E-state index in [9.17, 15) is 9.59 Å². The van der Waals surface area contributed by atoms with Crippen LogP contribution in [-0.2, 0) is 21.7 Å². The van der Waals surface area contributed by atoms with Gasteiger partial charge in [-0.3, -0.25) is 9.59 Å². The topological polar surface area (TPSA) is 74.9 Å². The van der Waals surface area contributed by atoms with Crippen molar-refractivity contribution in [2.75, 3.05) is 20.2 Å². The Morgan fingerprint density at radius 1 is 1.02 bits per heavy atom. The molecule has 4 aromatic rings. The lowest BCUT2D eigenvalue weighted by Crippen LogP contribution is -2.67. The van der Waals surface area contributed by atoms with Crippen LogP contribution in [0.3, 0.4) is 0 Å². The quantitative estimate of drug-likeness (QED) is 0.352. The molecule has 0 saturated carbocycles. The Morgan fingerprint density at radius 3 is 2.50 bits per heavy atom. The van der Waals surface area contributed by atoms with Gasteiger partial charge in [-0.2, -0.15) is 0 Å². The Morgan fingerprint density at radius 2 is 1.77 bits per heavy atom. The van der Waals surface area contributed by atoms with E-state index in [1.54, 1.807) is 16.9 Å². The van der Waals surface area contributed by atoms with Crippen molar-refractivity contribution in [2.45, 2.75) is 51.8 Å². The molecule has 3 aromatic carbocycles. The lowest BCUT2D eigenvalue weighted by atomic mass is 9.76. The fourth-order valence-electron chi connectivity index (χ4n) is 6.27. The first-order valence-electron chi connectivity index (χ1n) is 13.8. The number of nitrogens with one attached hydrogen (secondary N) is 1. The summed E-state index contributed by atoms with van der Waals surface area (Å²) in [5.41, 5.74) is 4.79. The van der Waals surface area contributed by atoms with E-state index in [0.29, 0.717) is 24.6 Å². The standard InChI is InChI=1S/C33H35N3O4/c1-20(2)40-27-15-14-23(16-28(27)39-5)25-18-36-29(37)19-35(17-22-12-10-21(3)11-13-22)32(38)33(36,4)31-30(25)24-8-6-7-9-26(24)34-31/h6-16,20,25,34H,17-19H2,1-5H3. The second-order valence-corrected chi connectivity index (χ2v) is 11.3. The first kappa shape index (κ1) is 26.0. The summed E-state index contributed by atoms with van der Waals surface area (Å²) in [5.74, 6) is 1.04. The molecule has 1 aromatic heterocycles. The van der Waals surface area contributed by atoms with E-state index < -0.39 is 5.54 Å². The number of hydrogen-bond donors (Lipinski definition) is 1. The average Bonchev–Trinajstić information content (AvgIpc) is 3.34. The molecule has 7 heteroatoms. The third kappa shape index (κ3) is 4.12. The van der Waals surface area contributed by atoms with Crippen molar-refractivity contribution >= 4 is 22.7 Å². The summed E-state index contributed by atoms with van der Waals surface area (Å²) in [4.78, 5) is 35.1. The van der Waals surface area contributed by atoms with Crippen LogP contribution in [0.4, 0.5) is 0 Å². The maximum absolute atomic E-state index is 14.3. The van der Waals surface area contributed by atoms with Crippen LogP contribution in [0, 0.1) is 6.92 Å². The van der Waals surface area contributed by atoms with E-state index in [1.165, 1.54) is 0 Å². The molecule has 3 heterocycles. The highest BCUT2D eigenvalue weighted by molar-refractivity contribution is 6.01. The molecule has 0 aliphatic carbocycles. The molecular weight excluding hydrogens is 502 g/mol. The average molecular weight is 538 g/mol. The number of methoxy groups -OCH3 is 1. The van der Waals surface area contributed by atoms with E-state index in [-0.39, 0.29) is 30.4 Å². The predicted molar refractivity (Wildman–Crippen MR) is 155 cm³/mol. The Hall–Kier alpha value is -4.26. The fraction of sp³-hybridized carbons (Fsp3) is 0.333. The summed E-state index contributed by atoms with van der Waals surface area (Å²) in [6.45, 7) is 8.72. The smallest absolute Gasteiger partial charge is 0.255 e. The molecule has 2 unspecified atom stereocenters. The summed E-state index contributed by atoms with van der Waals surface area (Å²) in [6, 6.07) is 22.2. The monoisotopic (exact) mass is 537 g/mol. The van der Waals surface area contributed by atoms with Crippen molar-refractivity contribution in [1.82, 2.24) is 14.8 Å². The third-order valence-corrected chi connectivity index (χ3v) is 8.26. The van der Waals surface area contributed by atoms with E-state index >= 15 is 0 Å². The van der Waals surface area contributed by atoms with Gasteiger partial charge in [-0.1, -0.05) is 54.1 Å². The van der Waals surface area contributed by atoms with Crippen molar-refractivity contribution in [3.8, 4) is 11.5 Å². The highest BCUT2D eigenvalue weighted by atomic mass is 16.5. The van der Waals surface area contributed by atoms with Gasteiger partial charge in [-0.05, 0) is 62.6 Å². The predicted octanol–water partition coefficient (Wildman–Crippen LogP) is 5.50. The minimum absolute atomic E-state index is 0.00944. The maximum Gasteiger partial charge on any atom is 0.255 e. The molecule has 6 rings (SSSR count). The van der Waals surface area contributed by atoms with Crippen LogP contribution in [0.15, 0.2) is 66.7 Å². The van der Waals surface area contributed by atoms with Crippen LogP contribution in [0.1, 0.15) is 54.6 Å². The van der Waals surface area contributed by atoms with Gasteiger partial charge >= 0.3 is 0 Å². The number of rotatable bonds is 6. The van der Waals surface area contributed by atoms with Crippen molar-refractivity contribution in [3.05, 3.63) is 94.7 Å². The number of para-hydroxylation sites is 1. The van der Waals surface area contributed by atoms with Crippen LogP contribution in [0.25, 0.3) is 10.9 Å². The molecule has 0 radical (unpaired) electrons. The number of aryl methyl sites for hydroxylation is 1. The van der Waals surface area contributed by atoms with Gasteiger partial charge in [0.2, 0.25) is 5.91 Å². The summed E-state index contributed by atoms with van der Waals surface area (Å²) in [7, 11) is 1.64. The van der Waals surface area contributed by atoms with E-state index in [4.69, 9.17) is 9.47 Å². The number of H-pyrrole nitrogens is 1. The number of aromatic amines is 1. The zero-order valence-electron chi connectivity index (χ0n) is 23.7. The summed E-state index contributed by atoms with van der Waals surface area (Å²) >= 11 is 0. The summed E-state index contributed by atoms with van der Waals surface area (Å²) in [6.07, 6.45) is 0.00944. The van der Waals surface area contributed by atoms with Gasteiger partial charge in [0.25, 0.3) is 5.91 Å². The van der Waals surface area contributed by atoms with Gasteiger partial charge in [-0.15, -0.1) is 0 Å². The molecular formula is C33H35N3O4. The van der Waals surface area contributed by atoms with Crippen LogP contribution < -0.4 is 9.47 Å². The largest absolute Gasteiger partial charge is 0.493 e. The third-order valence-electron chi connectivity index (χ3n) is 8.26. The van der Waals surface area contributed by atoms with Gasteiger partial charge < -0.3 is 24.3 Å². The number of piperazine rings is 1. The first-order valence-corrected chi connectivity index (χ1v) is 13.8. The number of fused-ring (bicyclic) bond motifs is 5. The second kappa shape index (κ2) is 9.73. The molecule has 2 aliphatic rings. The lowest BCUT2D eigenvalue weighted by molar-refractivity contribution is -0.166. The number of benzene rings is 3. The number of nitrogens with zero attached hydrogens (tertiary/aromatic N) is 2. The fourth-order valence-corrected chi connectivity index (χ4v) is 6.27. The number of amides is 2. The van der Waals surface area contributed by atoms with Crippen molar-refractivity contribution < 1.29 is 19.1 Å². The van der Waals surface area contributed by atoms with Crippen molar-refractivity contribution in [2.24, 2.45) is 0 Å². The first-order chi connectivity index (χ1) is 19.2. The second-order valence-electron chi connectivity index (χ2n) is 11.3. The molecule has 1 saturated heterocycles. The highest BCUT2D eigenvalue weighted by Gasteiger charge is 2.56. The Labute approximate surface area is 234 Å². The number of carbonyl (C=O) groups is 2. The number of carbonyl (C=O) groups excluding carboxylic acids is 2. The lowest BCUT2D eigenvalue weighted by Gasteiger charge is -2.51. The number of hydrogen-bond acceptors (Lipinski definition) is 4. The van der Waals surface area contributed by atoms with Crippen LogP contribution >= 0.6 is 0 Å². The molecule has 1 fully saturated rings. The van der Waals surface area contributed by atoms with Crippen LogP contribution in [0.2, 0.25) is 0 Å². The Kier molecular flexibility index (Phi) is 6.32. The summed E-state index contributed by atoms with van der Waals surface area (Å²) in [5, 5.41) is 1.06. The molecule has 206 valence electrons. The van der Waals surface area contributed by atoms with E-state index in [0.717, 1.165) is 38.9 Å². The van der Waals surface area contributed by atoms with Crippen molar-refractivity contribution in [1.29, 1.82) is 0 Å². The minimum atomic E-state index is -1.14. The highest BCUT2D eigenvalue weighted by Crippen LogP contribution is 2.49. The van der Waals surface area contributed by atoms with Crippen molar-refractivity contribution in [3.63, 3.8) is 0 Å². The van der Waals surface area contributed by atoms with Crippen LogP contribution in [0.5, 0.6) is 11.5 Å². The molecule has 2 atom stereocenters. The Bertz CT molecular complexity index is 1610. The zero-order chi connectivity index (χ0) is 28.2. The molecule has 0 spiro atoms. The number of aromatic nitrogens is 1. The van der Waals surface area contributed by atoms with E-state index in [1.807, 2.05) is 88.4 Å². The number of ether oxygens (including phenoxy) is 2. The van der Waals surface area contributed by atoms with E-state index in [2.05, 4.69) is 11.1 Å². The van der Waals surface area contributed by atoms with Gasteiger partial charge in [0.15, 0.2) is 17.0 Å². The molecule has 40 heavy (non-hydrogen) atoms. The molecule has 0 bridgehead atoms. The minimum Gasteiger partial charge on any atom is -0.493 e. The normalized spacial score (nSPS) is 20.6.